The fourth-order valence-electron chi connectivity index (χ4n) is 2.08. The van der Waals surface area contributed by atoms with Gasteiger partial charge in [-0.25, -0.2) is 4.68 Å². The second kappa shape index (κ2) is 6.74. The Balaban J connectivity index is 2.41. The average Bonchev–Trinajstić information content (AvgIpc) is 2.98. The van der Waals surface area contributed by atoms with Gasteiger partial charge in [-0.1, -0.05) is 24.6 Å². The maximum absolute atomic E-state index is 11.6. The maximum atomic E-state index is 11.6. The van der Waals surface area contributed by atoms with Crippen LogP contribution in [0.3, 0.4) is 0 Å². The van der Waals surface area contributed by atoms with Crippen LogP contribution in [0, 0.1) is 0 Å². The lowest BCUT2D eigenvalue weighted by molar-refractivity contribution is 0.0957. The number of nitrogens with zero attached hydrogens (tertiary/aromatic N) is 2. The van der Waals surface area contributed by atoms with Gasteiger partial charge in [0, 0.05) is 24.3 Å². The zero-order valence-electron chi connectivity index (χ0n) is 12.1. The fourth-order valence-corrected chi connectivity index (χ4v) is 2.32. The zero-order chi connectivity index (χ0) is 15.4. The van der Waals surface area contributed by atoms with Crippen LogP contribution in [-0.2, 0) is 6.42 Å². The third-order valence-electron chi connectivity index (χ3n) is 3.38. The predicted molar refractivity (Wildman–Crippen MR) is 83.9 cm³/mol. The van der Waals surface area contributed by atoms with Crippen molar-refractivity contribution in [2.45, 2.75) is 25.8 Å². The van der Waals surface area contributed by atoms with Gasteiger partial charge >= 0.3 is 0 Å². The van der Waals surface area contributed by atoms with E-state index in [0.29, 0.717) is 17.1 Å². The molecule has 0 radical (unpaired) electrons. The highest BCUT2D eigenvalue weighted by Crippen LogP contribution is 2.24. The van der Waals surface area contributed by atoms with Crippen molar-refractivity contribution < 1.29 is 4.79 Å². The van der Waals surface area contributed by atoms with Crippen LogP contribution in [0.4, 0.5) is 0 Å². The molecule has 1 atom stereocenters. The van der Waals surface area contributed by atoms with Crippen molar-refractivity contribution in [3.8, 4) is 5.69 Å². The number of nitrogens with two attached hydrogens (primary N) is 1. The molecule has 5 nitrogen and oxygen atoms in total. The number of carbonyl (C=O) groups is 1. The summed E-state index contributed by atoms with van der Waals surface area (Å²) in [4.78, 5) is 11.6. The van der Waals surface area contributed by atoms with Gasteiger partial charge in [-0.05, 0) is 36.6 Å². The van der Waals surface area contributed by atoms with Crippen LogP contribution < -0.4 is 11.1 Å². The van der Waals surface area contributed by atoms with Gasteiger partial charge in [0.15, 0.2) is 5.69 Å². The second-order valence-corrected chi connectivity index (χ2v) is 5.24. The third kappa shape index (κ3) is 3.43. The lowest BCUT2D eigenvalue weighted by atomic mass is 10.0. The standard InChI is InChI=1S/C15H19ClN4O/c1-3-10(17)9-11-12(16)5-4-6-14(11)20-8-7-13(19-20)15(21)18-2/h4-8,10H,3,9,17H2,1-2H3,(H,18,21). The van der Waals surface area contributed by atoms with E-state index in [2.05, 4.69) is 10.4 Å². The Hall–Kier alpha value is -1.85. The topological polar surface area (TPSA) is 72.9 Å². The number of rotatable bonds is 5. The first kappa shape index (κ1) is 15.5. The Morgan fingerprint density at radius 1 is 1.48 bits per heavy atom. The number of carbonyl (C=O) groups excluding carboxylic acids is 1. The molecule has 0 spiro atoms. The average molecular weight is 307 g/mol. The van der Waals surface area contributed by atoms with Crippen molar-refractivity contribution in [1.29, 1.82) is 0 Å². The highest BCUT2D eigenvalue weighted by Gasteiger charge is 2.14. The van der Waals surface area contributed by atoms with Gasteiger partial charge in [-0.15, -0.1) is 0 Å². The Bertz CT molecular complexity index is 638. The Morgan fingerprint density at radius 2 is 2.24 bits per heavy atom. The molecule has 0 bridgehead atoms. The summed E-state index contributed by atoms with van der Waals surface area (Å²) >= 11 is 6.30. The van der Waals surface area contributed by atoms with Crippen molar-refractivity contribution in [3.63, 3.8) is 0 Å². The molecule has 0 aliphatic rings. The molecule has 2 rings (SSSR count). The smallest absolute Gasteiger partial charge is 0.271 e. The summed E-state index contributed by atoms with van der Waals surface area (Å²) in [5.41, 5.74) is 8.20. The van der Waals surface area contributed by atoms with Crippen molar-refractivity contribution in [2.24, 2.45) is 5.73 Å². The van der Waals surface area contributed by atoms with E-state index in [1.165, 1.54) is 0 Å². The quantitative estimate of drug-likeness (QED) is 0.889. The first-order valence-electron chi connectivity index (χ1n) is 6.88. The first-order chi connectivity index (χ1) is 10.1. The zero-order valence-corrected chi connectivity index (χ0v) is 12.9. The molecule has 112 valence electrons. The van der Waals surface area contributed by atoms with E-state index in [-0.39, 0.29) is 11.9 Å². The Morgan fingerprint density at radius 3 is 2.90 bits per heavy atom. The Labute approximate surface area is 129 Å². The Kier molecular flexibility index (Phi) is 4.98. The van der Waals surface area contributed by atoms with Gasteiger partial charge in [0.1, 0.15) is 0 Å². The summed E-state index contributed by atoms with van der Waals surface area (Å²) < 4.78 is 1.66. The van der Waals surface area contributed by atoms with Crippen LogP contribution in [0.5, 0.6) is 0 Å². The molecule has 1 unspecified atom stereocenters. The number of aromatic nitrogens is 2. The maximum Gasteiger partial charge on any atom is 0.271 e. The highest BCUT2D eigenvalue weighted by molar-refractivity contribution is 6.31. The van der Waals surface area contributed by atoms with Crippen LogP contribution in [0.15, 0.2) is 30.5 Å². The van der Waals surface area contributed by atoms with E-state index in [0.717, 1.165) is 17.7 Å². The van der Waals surface area contributed by atoms with Crippen molar-refractivity contribution in [1.82, 2.24) is 15.1 Å². The predicted octanol–water partition coefficient (Wildman–Crippen LogP) is 2.17. The van der Waals surface area contributed by atoms with Crippen LogP contribution >= 0.6 is 11.6 Å². The molecular formula is C15H19ClN4O. The second-order valence-electron chi connectivity index (χ2n) is 4.83. The minimum Gasteiger partial charge on any atom is -0.354 e. The number of hydrogen-bond acceptors (Lipinski definition) is 3. The van der Waals surface area contributed by atoms with Crippen LogP contribution in [0.1, 0.15) is 29.4 Å². The minimum atomic E-state index is -0.220. The highest BCUT2D eigenvalue weighted by atomic mass is 35.5. The lowest BCUT2D eigenvalue weighted by Gasteiger charge is -2.15. The summed E-state index contributed by atoms with van der Waals surface area (Å²) in [6.45, 7) is 2.04. The summed E-state index contributed by atoms with van der Waals surface area (Å²) in [7, 11) is 1.58. The number of amides is 1. The van der Waals surface area contributed by atoms with Crippen LogP contribution in [0.25, 0.3) is 5.69 Å². The molecule has 1 aromatic carbocycles. The van der Waals surface area contributed by atoms with Gasteiger partial charge in [0.2, 0.25) is 0 Å². The molecule has 2 aromatic rings. The van der Waals surface area contributed by atoms with Gasteiger partial charge in [0.25, 0.3) is 5.91 Å². The van der Waals surface area contributed by atoms with E-state index in [1.807, 2.05) is 25.1 Å². The molecule has 6 heteroatoms. The molecule has 0 saturated carbocycles. The summed E-state index contributed by atoms with van der Waals surface area (Å²) in [6, 6.07) is 7.33. The molecule has 0 fully saturated rings. The fraction of sp³-hybridized carbons (Fsp3) is 0.333. The van der Waals surface area contributed by atoms with Gasteiger partial charge in [-0.2, -0.15) is 5.10 Å². The molecular weight excluding hydrogens is 288 g/mol. The monoisotopic (exact) mass is 306 g/mol. The number of nitrogens with one attached hydrogen (secondary N) is 1. The molecule has 0 aliphatic carbocycles. The summed E-state index contributed by atoms with van der Waals surface area (Å²) in [5.74, 6) is -0.220. The minimum absolute atomic E-state index is 0.0395. The number of benzene rings is 1. The van der Waals surface area contributed by atoms with E-state index in [4.69, 9.17) is 17.3 Å². The number of hydrogen-bond donors (Lipinski definition) is 2. The number of halogens is 1. The third-order valence-corrected chi connectivity index (χ3v) is 3.73. The van der Waals surface area contributed by atoms with Gasteiger partial charge in [-0.3, -0.25) is 4.79 Å². The van der Waals surface area contributed by atoms with Crippen molar-refractivity contribution >= 4 is 17.5 Å². The summed E-state index contributed by atoms with van der Waals surface area (Å²) in [5, 5.41) is 7.50. The van der Waals surface area contributed by atoms with E-state index in [1.54, 1.807) is 24.0 Å². The molecule has 1 aromatic heterocycles. The first-order valence-corrected chi connectivity index (χ1v) is 7.25. The molecule has 1 heterocycles. The van der Waals surface area contributed by atoms with Crippen molar-refractivity contribution in [2.75, 3.05) is 7.05 Å². The molecule has 1 amide bonds. The van der Waals surface area contributed by atoms with E-state index >= 15 is 0 Å². The van der Waals surface area contributed by atoms with E-state index in [9.17, 15) is 4.79 Å². The lowest BCUT2D eigenvalue weighted by Crippen LogP contribution is -2.22. The molecule has 3 N–H and O–H groups in total. The largest absolute Gasteiger partial charge is 0.354 e. The molecule has 0 saturated heterocycles. The van der Waals surface area contributed by atoms with Crippen LogP contribution in [0.2, 0.25) is 5.02 Å². The normalized spacial score (nSPS) is 12.2. The van der Waals surface area contributed by atoms with Crippen molar-refractivity contribution in [3.05, 3.63) is 46.7 Å². The van der Waals surface area contributed by atoms with E-state index < -0.39 is 0 Å². The molecule has 21 heavy (non-hydrogen) atoms. The van der Waals surface area contributed by atoms with Crippen LogP contribution in [-0.4, -0.2) is 28.8 Å². The van der Waals surface area contributed by atoms with Gasteiger partial charge < -0.3 is 11.1 Å². The molecule has 0 aliphatic heterocycles. The van der Waals surface area contributed by atoms with Gasteiger partial charge in [0.05, 0.1) is 5.69 Å². The SMILES string of the molecule is CCC(N)Cc1c(Cl)cccc1-n1ccc(C(=O)NC)n1. The summed E-state index contributed by atoms with van der Waals surface area (Å²) in [6.07, 6.45) is 3.28.